The van der Waals surface area contributed by atoms with Crippen LogP contribution < -0.4 is 4.74 Å². The Kier molecular flexibility index (Phi) is 7.65. The second-order valence-corrected chi connectivity index (χ2v) is 9.31. The lowest BCUT2D eigenvalue weighted by Crippen LogP contribution is -2.12. The highest BCUT2D eigenvalue weighted by Crippen LogP contribution is 2.28. The number of hydrogen-bond donors (Lipinski definition) is 0. The van der Waals surface area contributed by atoms with Crippen molar-refractivity contribution in [2.45, 2.75) is 57.8 Å². The Morgan fingerprint density at radius 2 is 1.82 bits per heavy atom. The molecule has 0 spiro atoms. The van der Waals surface area contributed by atoms with Crippen LogP contribution in [-0.4, -0.2) is 21.3 Å². The van der Waals surface area contributed by atoms with Gasteiger partial charge in [0.25, 0.3) is 0 Å². The van der Waals surface area contributed by atoms with E-state index in [0.717, 1.165) is 35.3 Å². The number of nitrogens with zero attached hydrogens (tertiary/aromatic N) is 1. The summed E-state index contributed by atoms with van der Waals surface area (Å²) in [6.45, 7) is 6.01. The van der Waals surface area contributed by atoms with Crippen molar-refractivity contribution in [3.05, 3.63) is 58.1 Å². The standard InChI is InChI=1S/C23H29NO3S/c1-5-6-7-8-19-14-18(3)21(22(15-19)27-4)11-12-28(25,26)23-13-17(2)9-10-20(23)16-24/h9-10,13-15H,5-8,11-12H2,1-4H3. The van der Waals surface area contributed by atoms with Gasteiger partial charge in [0.05, 0.1) is 23.3 Å². The fourth-order valence-electron chi connectivity index (χ4n) is 3.41. The Morgan fingerprint density at radius 3 is 2.46 bits per heavy atom. The minimum Gasteiger partial charge on any atom is -0.496 e. The van der Waals surface area contributed by atoms with Gasteiger partial charge in [0.15, 0.2) is 9.84 Å². The molecule has 0 amide bonds. The maximum atomic E-state index is 12.9. The third kappa shape index (κ3) is 5.36. The number of ether oxygens (including phenoxy) is 1. The summed E-state index contributed by atoms with van der Waals surface area (Å²) in [5.74, 6) is 0.684. The van der Waals surface area contributed by atoms with E-state index < -0.39 is 9.84 Å². The smallest absolute Gasteiger partial charge is 0.180 e. The molecule has 0 aliphatic carbocycles. The largest absolute Gasteiger partial charge is 0.496 e. The van der Waals surface area contributed by atoms with Crippen LogP contribution in [0, 0.1) is 25.2 Å². The molecule has 0 aliphatic heterocycles. The minimum absolute atomic E-state index is 0.0580. The molecule has 0 atom stereocenters. The highest BCUT2D eigenvalue weighted by molar-refractivity contribution is 7.91. The van der Waals surface area contributed by atoms with Crippen LogP contribution in [0.1, 0.15) is 54.0 Å². The summed E-state index contributed by atoms with van der Waals surface area (Å²) in [7, 11) is -1.95. The highest BCUT2D eigenvalue weighted by atomic mass is 32.2. The molecule has 4 nitrogen and oxygen atoms in total. The van der Waals surface area contributed by atoms with Crippen LogP contribution in [0.5, 0.6) is 5.75 Å². The number of aryl methyl sites for hydroxylation is 3. The van der Waals surface area contributed by atoms with E-state index in [1.54, 1.807) is 25.3 Å². The zero-order chi connectivity index (χ0) is 20.7. The van der Waals surface area contributed by atoms with Crippen LogP contribution in [0.4, 0.5) is 0 Å². The van der Waals surface area contributed by atoms with Crippen molar-refractivity contribution < 1.29 is 13.2 Å². The molecule has 2 rings (SSSR count). The van der Waals surface area contributed by atoms with Crippen molar-refractivity contribution in [1.29, 1.82) is 5.26 Å². The van der Waals surface area contributed by atoms with Crippen molar-refractivity contribution in [2.24, 2.45) is 0 Å². The molecule has 0 N–H and O–H groups in total. The second-order valence-electron chi connectivity index (χ2n) is 7.23. The first-order chi connectivity index (χ1) is 13.3. The molecule has 0 saturated carbocycles. The van der Waals surface area contributed by atoms with Crippen molar-refractivity contribution in [1.82, 2.24) is 0 Å². The van der Waals surface area contributed by atoms with Crippen molar-refractivity contribution >= 4 is 9.84 Å². The topological polar surface area (TPSA) is 67.2 Å². The Labute approximate surface area is 169 Å². The van der Waals surface area contributed by atoms with Crippen molar-refractivity contribution in [3.8, 4) is 11.8 Å². The zero-order valence-corrected chi connectivity index (χ0v) is 18.0. The first-order valence-corrected chi connectivity index (χ1v) is 11.4. The molecular weight excluding hydrogens is 370 g/mol. The molecule has 0 heterocycles. The van der Waals surface area contributed by atoms with Gasteiger partial charge in [0.2, 0.25) is 0 Å². The summed E-state index contributed by atoms with van der Waals surface area (Å²) in [5, 5.41) is 9.27. The highest BCUT2D eigenvalue weighted by Gasteiger charge is 2.21. The molecule has 0 bridgehead atoms. The van der Waals surface area contributed by atoms with E-state index in [1.165, 1.54) is 18.4 Å². The van der Waals surface area contributed by atoms with Gasteiger partial charge in [-0.25, -0.2) is 8.42 Å². The number of rotatable bonds is 9. The van der Waals surface area contributed by atoms with Gasteiger partial charge in [-0.3, -0.25) is 0 Å². The Balaban J connectivity index is 2.26. The predicted molar refractivity (Wildman–Crippen MR) is 113 cm³/mol. The maximum Gasteiger partial charge on any atom is 0.180 e. The Hall–Kier alpha value is -2.32. The lowest BCUT2D eigenvalue weighted by molar-refractivity contribution is 0.409. The lowest BCUT2D eigenvalue weighted by Gasteiger charge is -2.15. The van der Waals surface area contributed by atoms with Crippen LogP contribution in [0.25, 0.3) is 0 Å². The van der Waals surface area contributed by atoms with Crippen molar-refractivity contribution in [2.75, 3.05) is 12.9 Å². The molecule has 0 radical (unpaired) electrons. The van der Waals surface area contributed by atoms with Gasteiger partial charge < -0.3 is 4.74 Å². The number of unbranched alkanes of at least 4 members (excludes halogenated alkanes) is 2. The average Bonchev–Trinajstić information content (AvgIpc) is 2.67. The molecule has 0 aliphatic rings. The molecule has 0 aromatic heterocycles. The summed E-state index contributed by atoms with van der Waals surface area (Å²) >= 11 is 0. The van der Waals surface area contributed by atoms with Gasteiger partial charge in [-0.05, 0) is 73.6 Å². The van der Waals surface area contributed by atoms with Gasteiger partial charge in [0, 0.05) is 0 Å². The Morgan fingerprint density at radius 1 is 1.07 bits per heavy atom. The summed E-state index contributed by atoms with van der Waals surface area (Å²) in [6.07, 6.45) is 4.86. The van der Waals surface area contributed by atoms with Gasteiger partial charge >= 0.3 is 0 Å². The molecule has 0 saturated heterocycles. The first-order valence-electron chi connectivity index (χ1n) is 9.72. The summed E-state index contributed by atoms with van der Waals surface area (Å²) in [6, 6.07) is 11.0. The molecule has 5 heteroatoms. The number of hydrogen-bond acceptors (Lipinski definition) is 4. The molecule has 150 valence electrons. The van der Waals surface area contributed by atoms with E-state index >= 15 is 0 Å². The van der Waals surface area contributed by atoms with Crippen LogP contribution in [0.3, 0.4) is 0 Å². The minimum atomic E-state index is -3.57. The molecule has 28 heavy (non-hydrogen) atoms. The fraction of sp³-hybridized carbons (Fsp3) is 0.435. The van der Waals surface area contributed by atoms with E-state index in [1.807, 2.05) is 26.0 Å². The lowest BCUT2D eigenvalue weighted by atomic mass is 9.98. The van der Waals surface area contributed by atoms with E-state index in [9.17, 15) is 13.7 Å². The van der Waals surface area contributed by atoms with Gasteiger partial charge in [-0.15, -0.1) is 0 Å². The number of nitriles is 1. The average molecular weight is 400 g/mol. The van der Waals surface area contributed by atoms with E-state index in [4.69, 9.17) is 4.74 Å². The third-order valence-electron chi connectivity index (χ3n) is 4.99. The number of benzene rings is 2. The third-order valence-corrected chi connectivity index (χ3v) is 6.74. The molecule has 2 aromatic rings. The van der Waals surface area contributed by atoms with Gasteiger partial charge in [-0.1, -0.05) is 31.9 Å². The first kappa shape index (κ1) is 22.0. The molecule has 2 aromatic carbocycles. The molecule has 0 fully saturated rings. The second kappa shape index (κ2) is 9.75. The molecular formula is C23H29NO3S. The van der Waals surface area contributed by atoms with E-state index in [-0.39, 0.29) is 16.2 Å². The van der Waals surface area contributed by atoms with Gasteiger partial charge in [-0.2, -0.15) is 5.26 Å². The number of methoxy groups -OCH3 is 1. The van der Waals surface area contributed by atoms with Crippen LogP contribution >= 0.6 is 0 Å². The predicted octanol–water partition coefficient (Wildman–Crippen LogP) is 4.93. The summed E-state index contributed by atoms with van der Waals surface area (Å²) < 4.78 is 31.4. The van der Waals surface area contributed by atoms with Gasteiger partial charge in [0.1, 0.15) is 11.8 Å². The quantitative estimate of drug-likeness (QED) is 0.561. The summed E-state index contributed by atoms with van der Waals surface area (Å²) in [4.78, 5) is 0.114. The SMILES string of the molecule is CCCCCc1cc(C)c(CCS(=O)(=O)c2cc(C)ccc2C#N)c(OC)c1. The normalized spacial score (nSPS) is 11.2. The van der Waals surface area contributed by atoms with Crippen LogP contribution in [-0.2, 0) is 22.7 Å². The van der Waals surface area contributed by atoms with Crippen LogP contribution in [0.2, 0.25) is 0 Å². The Bertz CT molecular complexity index is 972. The van der Waals surface area contributed by atoms with E-state index in [2.05, 4.69) is 13.0 Å². The number of sulfone groups is 1. The zero-order valence-electron chi connectivity index (χ0n) is 17.2. The van der Waals surface area contributed by atoms with E-state index in [0.29, 0.717) is 6.42 Å². The monoisotopic (exact) mass is 399 g/mol. The fourth-order valence-corrected chi connectivity index (χ4v) is 4.92. The van der Waals surface area contributed by atoms with Crippen molar-refractivity contribution in [3.63, 3.8) is 0 Å². The molecule has 0 unspecified atom stereocenters. The maximum absolute atomic E-state index is 12.9. The van der Waals surface area contributed by atoms with Crippen LogP contribution in [0.15, 0.2) is 35.2 Å². The summed E-state index contributed by atoms with van der Waals surface area (Å²) in [5.41, 5.74) is 4.20.